The summed E-state index contributed by atoms with van der Waals surface area (Å²) in [6, 6.07) is 8.39. The Hall–Kier alpha value is -1.62. The van der Waals surface area contributed by atoms with Crippen molar-refractivity contribution in [1.29, 1.82) is 0 Å². The fourth-order valence-electron chi connectivity index (χ4n) is 2.81. The van der Waals surface area contributed by atoms with Crippen LogP contribution in [0.25, 0.3) is 10.9 Å². The smallest absolute Gasteiger partial charge is 0.222 e. The van der Waals surface area contributed by atoms with Gasteiger partial charge in [0.25, 0.3) is 0 Å². The second-order valence-electron chi connectivity index (χ2n) is 5.32. The number of fused-ring (bicyclic) bond motifs is 1. The van der Waals surface area contributed by atoms with E-state index < -0.39 is 0 Å². The van der Waals surface area contributed by atoms with Crippen molar-refractivity contribution >= 4 is 38.4 Å². The Labute approximate surface area is 132 Å². The van der Waals surface area contributed by atoms with E-state index in [0.717, 1.165) is 40.6 Å². The van der Waals surface area contributed by atoms with Crippen molar-refractivity contribution in [2.45, 2.75) is 25.8 Å². The number of anilines is 1. The molecule has 1 saturated heterocycles. The van der Waals surface area contributed by atoms with E-state index in [1.54, 1.807) is 0 Å². The van der Waals surface area contributed by atoms with E-state index in [9.17, 15) is 4.79 Å². The highest BCUT2D eigenvalue weighted by atomic mass is 79.9. The summed E-state index contributed by atoms with van der Waals surface area (Å²) in [5.74, 6) is 0.238. The lowest BCUT2D eigenvalue weighted by atomic mass is 10.1. The number of carbonyl (C=O) groups is 1. The molecule has 0 spiro atoms. The van der Waals surface area contributed by atoms with Crippen LogP contribution in [-0.2, 0) is 4.79 Å². The normalized spacial score (nSPS) is 18.2. The Morgan fingerprint density at radius 3 is 3.14 bits per heavy atom. The summed E-state index contributed by atoms with van der Waals surface area (Å²) < 4.78 is 0.998. The molecule has 1 fully saturated rings. The fraction of sp³-hybridized carbons (Fsp3) is 0.375. The van der Waals surface area contributed by atoms with Gasteiger partial charge in [0.15, 0.2) is 0 Å². The first kappa shape index (κ1) is 14.3. The summed E-state index contributed by atoms with van der Waals surface area (Å²) in [6.45, 7) is 3.54. The van der Waals surface area contributed by atoms with Crippen LogP contribution in [0.1, 0.15) is 19.8 Å². The summed E-state index contributed by atoms with van der Waals surface area (Å²) >= 11 is 3.54. The molecule has 1 aromatic heterocycles. The van der Waals surface area contributed by atoms with Gasteiger partial charge in [0.2, 0.25) is 5.91 Å². The molecule has 1 aliphatic rings. The van der Waals surface area contributed by atoms with Crippen molar-refractivity contribution in [1.82, 2.24) is 9.88 Å². The van der Waals surface area contributed by atoms with Crippen LogP contribution in [0.2, 0.25) is 0 Å². The second-order valence-corrected chi connectivity index (χ2v) is 6.17. The van der Waals surface area contributed by atoms with Crippen LogP contribution in [0.4, 0.5) is 5.69 Å². The number of nitrogens with zero attached hydrogens (tertiary/aromatic N) is 2. The molecule has 2 heterocycles. The van der Waals surface area contributed by atoms with Gasteiger partial charge in [0.1, 0.15) is 0 Å². The minimum absolute atomic E-state index is 0.238. The average Bonchev–Trinajstić information content (AvgIpc) is 2.96. The van der Waals surface area contributed by atoms with Crippen LogP contribution >= 0.6 is 15.9 Å². The number of hydrogen-bond donors (Lipinski definition) is 1. The van der Waals surface area contributed by atoms with Crippen LogP contribution in [0, 0.1) is 0 Å². The van der Waals surface area contributed by atoms with Crippen LogP contribution in [-0.4, -0.2) is 34.9 Å². The highest BCUT2D eigenvalue weighted by Gasteiger charge is 2.25. The molecule has 0 aliphatic carbocycles. The van der Waals surface area contributed by atoms with E-state index in [-0.39, 0.29) is 5.91 Å². The number of rotatable bonds is 3. The molecule has 21 heavy (non-hydrogen) atoms. The highest BCUT2D eigenvalue weighted by Crippen LogP contribution is 2.28. The molecule has 1 aromatic carbocycles. The van der Waals surface area contributed by atoms with Gasteiger partial charge >= 0.3 is 0 Å². The van der Waals surface area contributed by atoms with Crippen LogP contribution in [0.15, 0.2) is 34.9 Å². The molecule has 1 amide bonds. The molecule has 110 valence electrons. The molecule has 2 aromatic rings. The van der Waals surface area contributed by atoms with Crippen molar-refractivity contribution in [2.24, 2.45) is 0 Å². The van der Waals surface area contributed by atoms with Crippen molar-refractivity contribution in [3.05, 3.63) is 34.9 Å². The third kappa shape index (κ3) is 2.88. The molecule has 3 rings (SSSR count). The SMILES string of the molecule is CCC(=O)N1CCC(Nc2ccnc3c(Br)cccc23)C1. The van der Waals surface area contributed by atoms with Gasteiger partial charge in [-0.2, -0.15) is 0 Å². The molecule has 1 aliphatic heterocycles. The average molecular weight is 348 g/mol. The lowest BCUT2D eigenvalue weighted by Crippen LogP contribution is -2.30. The Morgan fingerprint density at radius 2 is 2.33 bits per heavy atom. The zero-order chi connectivity index (χ0) is 14.8. The van der Waals surface area contributed by atoms with Gasteiger partial charge in [-0.3, -0.25) is 9.78 Å². The maximum absolute atomic E-state index is 11.8. The van der Waals surface area contributed by atoms with Crippen LogP contribution in [0.3, 0.4) is 0 Å². The molecule has 1 unspecified atom stereocenters. The lowest BCUT2D eigenvalue weighted by Gasteiger charge is -2.18. The standard InChI is InChI=1S/C16H18BrN3O/c1-2-15(21)20-9-7-11(10-20)19-14-6-8-18-16-12(14)4-3-5-13(16)17/h3-6,8,11H,2,7,9-10H2,1H3,(H,18,19). The van der Waals surface area contributed by atoms with Gasteiger partial charge in [-0.25, -0.2) is 0 Å². The minimum atomic E-state index is 0.238. The summed E-state index contributed by atoms with van der Waals surface area (Å²) in [5, 5.41) is 4.67. The maximum Gasteiger partial charge on any atom is 0.222 e. The predicted octanol–water partition coefficient (Wildman–Crippen LogP) is 3.42. The number of likely N-dealkylation sites (tertiary alicyclic amines) is 1. The molecule has 4 nitrogen and oxygen atoms in total. The first-order valence-electron chi connectivity index (χ1n) is 7.26. The molecule has 5 heteroatoms. The fourth-order valence-corrected chi connectivity index (χ4v) is 3.28. The first-order valence-corrected chi connectivity index (χ1v) is 8.06. The zero-order valence-electron chi connectivity index (χ0n) is 12.0. The molecule has 0 saturated carbocycles. The van der Waals surface area contributed by atoms with Gasteiger partial charge in [-0.05, 0) is 34.5 Å². The van der Waals surface area contributed by atoms with E-state index in [1.165, 1.54) is 0 Å². The number of benzene rings is 1. The Balaban J connectivity index is 1.80. The number of hydrogen-bond acceptors (Lipinski definition) is 3. The van der Waals surface area contributed by atoms with Crippen molar-refractivity contribution < 1.29 is 4.79 Å². The number of pyridine rings is 1. The maximum atomic E-state index is 11.8. The summed E-state index contributed by atoms with van der Waals surface area (Å²) in [6.07, 6.45) is 3.39. The third-order valence-electron chi connectivity index (χ3n) is 3.92. The highest BCUT2D eigenvalue weighted by molar-refractivity contribution is 9.10. The number of carbonyl (C=O) groups excluding carboxylic acids is 1. The largest absolute Gasteiger partial charge is 0.380 e. The number of para-hydroxylation sites is 1. The molecule has 0 radical (unpaired) electrons. The molecule has 1 N–H and O–H groups in total. The van der Waals surface area contributed by atoms with Crippen molar-refractivity contribution in [3.63, 3.8) is 0 Å². The Morgan fingerprint density at radius 1 is 1.48 bits per heavy atom. The molecule has 0 bridgehead atoms. The quantitative estimate of drug-likeness (QED) is 0.925. The lowest BCUT2D eigenvalue weighted by molar-refractivity contribution is -0.129. The summed E-state index contributed by atoms with van der Waals surface area (Å²) in [4.78, 5) is 18.1. The Bertz CT molecular complexity index is 674. The number of halogens is 1. The van der Waals surface area contributed by atoms with E-state index in [2.05, 4.69) is 32.3 Å². The minimum Gasteiger partial charge on any atom is -0.380 e. The summed E-state index contributed by atoms with van der Waals surface area (Å²) in [5.41, 5.74) is 2.04. The third-order valence-corrected chi connectivity index (χ3v) is 4.56. The van der Waals surface area contributed by atoms with Gasteiger partial charge < -0.3 is 10.2 Å². The van der Waals surface area contributed by atoms with Gasteiger partial charge in [0, 0.05) is 47.3 Å². The zero-order valence-corrected chi connectivity index (χ0v) is 13.6. The van der Waals surface area contributed by atoms with Gasteiger partial charge in [-0.15, -0.1) is 0 Å². The van der Waals surface area contributed by atoms with Crippen LogP contribution in [0.5, 0.6) is 0 Å². The second kappa shape index (κ2) is 6.02. The van der Waals surface area contributed by atoms with Gasteiger partial charge in [-0.1, -0.05) is 19.1 Å². The Kier molecular flexibility index (Phi) is 4.10. The van der Waals surface area contributed by atoms with E-state index in [1.807, 2.05) is 36.2 Å². The first-order chi connectivity index (χ1) is 10.2. The molecule has 1 atom stereocenters. The predicted molar refractivity (Wildman–Crippen MR) is 88.3 cm³/mol. The number of nitrogens with one attached hydrogen (secondary N) is 1. The topological polar surface area (TPSA) is 45.2 Å². The van der Waals surface area contributed by atoms with Crippen LogP contribution < -0.4 is 5.32 Å². The molecular weight excluding hydrogens is 330 g/mol. The van der Waals surface area contributed by atoms with Crippen molar-refractivity contribution in [2.75, 3.05) is 18.4 Å². The van der Waals surface area contributed by atoms with Gasteiger partial charge in [0.05, 0.1) is 5.52 Å². The monoisotopic (exact) mass is 347 g/mol. The van der Waals surface area contributed by atoms with Crippen molar-refractivity contribution in [3.8, 4) is 0 Å². The number of aromatic nitrogens is 1. The number of amides is 1. The van der Waals surface area contributed by atoms with E-state index in [4.69, 9.17) is 0 Å². The van der Waals surface area contributed by atoms with E-state index in [0.29, 0.717) is 12.5 Å². The van der Waals surface area contributed by atoms with E-state index >= 15 is 0 Å². The molecular formula is C16H18BrN3O. The summed E-state index contributed by atoms with van der Waals surface area (Å²) in [7, 11) is 0.